The molecule has 10 nitrogen and oxygen atoms in total. The average molecular weight is 559 g/mol. The molecule has 1 aromatic carbocycles. The number of pyridine rings is 1. The molecule has 0 radical (unpaired) electrons. The number of carbonyl (C=O) groups is 1. The molecule has 0 saturated heterocycles. The predicted molar refractivity (Wildman–Crippen MR) is 140 cm³/mol. The van der Waals surface area contributed by atoms with Crippen LogP contribution < -0.4 is 5.43 Å². The maximum atomic E-state index is 14.8. The quantitative estimate of drug-likeness (QED) is 0.298. The van der Waals surface area contributed by atoms with Crippen LogP contribution in [0.4, 0.5) is 15.0 Å². The summed E-state index contributed by atoms with van der Waals surface area (Å²) >= 11 is 6.18. The molecular formula is C25H24ClFN6O4S. The molecule has 3 heterocycles. The minimum absolute atomic E-state index is 0.0326. The zero-order valence-corrected chi connectivity index (χ0v) is 21.9. The molecule has 5 rings (SSSR count). The molecule has 38 heavy (non-hydrogen) atoms. The number of halogens is 2. The van der Waals surface area contributed by atoms with Gasteiger partial charge in [-0.3, -0.25) is 5.43 Å². The molecule has 3 aromatic heterocycles. The predicted octanol–water partition coefficient (Wildman–Crippen LogP) is 5.47. The Labute approximate surface area is 223 Å². The first kappa shape index (κ1) is 25.9. The minimum atomic E-state index is -4.07. The Morgan fingerprint density at radius 3 is 2.55 bits per heavy atom. The lowest BCUT2D eigenvalue weighted by Gasteiger charge is -2.32. The molecule has 1 amide bonds. The van der Waals surface area contributed by atoms with Gasteiger partial charge in [0.05, 0.1) is 22.2 Å². The van der Waals surface area contributed by atoms with E-state index in [-0.39, 0.29) is 38.8 Å². The largest absolute Gasteiger partial charge is 0.464 e. The summed E-state index contributed by atoms with van der Waals surface area (Å²) in [5.41, 5.74) is 3.81. The van der Waals surface area contributed by atoms with E-state index in [2.05, 4.69) is 20.4 Å². The number of carboxylic acid groups (broad SMARTS) is 1. The number of hydrogen-bond acceptors (Lipinski definition) is 7. The summed E-state index contributed by atoms with van der Waals surface area (Å²) in [7, 11) is -4.07. The van der Waals surface area contributed by atoms with E-state index in [0.29, 0.717) is 18.2 Å². The van der Waals surface area contributed by atoms with Crippen molar-refractivity contribution in [2.45, 2.75) is 50.0 Å². The summed E-state index contributed by atoms with van der Waals surface area (Å²) in [5, 5.41) is 11.3. The van der Waals surface area contributed by atoms with Gasteiger partial charge in [0.2, 0.25) is 0 Å². The standard InChI is InChI=1S/C25H24ClFN6O4S/c1-15-7-9-18(10-8-15)38(36,37)32-14-20(19-11-16(26)12-29-24(19)32)22-28-13-21(27)23(30-22)31-33(25(34)35)17-5-3-2-4-6-17/h7-14,17H,2-6H2,1H3,(H,34,35)(H,28,30,31). The Kier molecular flexibility index (Phi) is 6.93. The van der Waals surface area contributed by atoms with Crippen LogP contribution in [0.25, 0.3) is 22.4 Å². The van der Waals surface area contributed by atoms with Crippen LogP contribution in [0.2, 0.25) is 5.02 Å². The fourth-order valence-corrected chi connectivity index (χ4v) is 6.05. The lowest BCUT2D eigenvalue weighted by molar-refractivity contribution is 0.125. The molecule has 0 atom stereocenters. The molecular weight excluding hydrogens is 535 g/mol. The molecule has 1 aliphatic rings. The zero-order valence-electron chi connectivity index (χ0n) is 20.3. The van der Waals surface area contributed by atoms with E-state index >= 15 is 0 Å². The van der Waals surface area contributed by atoms with Gasteiger partial charge in [-0.15, -0.1) is 0 Å². The monoisotopic (exact) mass is 558 g/mol. The lowest BCUT2D eigenvalue weighted by atomic mass is 9.95. The zero-order chi connectivity index (χ0) is 27.0. The van der Waals surface area contributed by atoms with Gasteiger partial charge in [0, 0.05) is 23.3 Å². The van der Waals surface area contributed by atoms with Gasteiger partial charge in [0.15, 0.2) is 23.1 Å². The third-order valence-electron chi connectivity index (χ3n) is 6.51. The fourth-order valence-electron chi connectivity index (χ4n) is 4.56. The van der Waals surface area contributed by atoms with Gasteiger partial charge < -0.3 is 5.11 Å². The Morgan fingerprint density at radius 2 is 1.87 bits per heavy atom. The summed E-state index contributed by atoms with van der Waals surface area (Å²) in [4.78, 5) is 24.5. The van der Waals surface area contributed by atoms with Gasteiger partial charge in [-0.25, -0.2) is 41.5 Å². The number of aromatic nitrogens is 4. The number of amides is 1. The second kappa shape index (κ2) is 10.2. The van der Waals surface area contributed by atoms with Crippen molar-refractivity contribution in [3.63, 3.8) is 0 Å². The normalized spacial score (nSPS) is 14.5. The second-order valence-corrected chi connectivity index (χ2v) is 11.4. The maximum Gasteiger partial charge on any atom is 0.426 e. The molecule has 0 spiro atoms. The molecule has 0 unspecified atom stereocenters. The van der Waals surface area contributed by atoms with E-state index in [0.717, 1.165) is 40.0 Å². The highest BCUT2D eigenvalue weighted by atomic mass is 35.5. The highest BCUT2D eigenvalue weighted by molar-refractivity contribution is 7.90. The number of nitrogens with one attached hydrogen (secondary N) is 1. The number of fused-ring (bicyclic) bond motifs is 1. The Balaban J connectivity index is 1.60. The third kappa shape index (κ3) is 4.88. The van der Waals surface area contributed by atoms with Crippen LogP contribution in [-0.2, 0) is 10.0 Å². The summed E-state index contributed by atoms with van der Waals surface area (Å²) in [6.07, 6.45) is 6.32. The first-order valence-corrected chi connectivity index (χ1v) is 13.8. The van der Waals surface area contributed by atoms with Crippen molar-refractivity contribution in [3.8, 4) is 11.4 Å². The van der Waals surface area contributed by atoms with Crippen LogP contribution in [0.15, 0.2) is 53.8 Å². The van der Waals surface area contributed by atoms with Crippen LogP contribution in [0.5, 0.6) is 0 Å². The smallest absolute Gasteiger partial charge is 0.426 e. The van der Waals surface area contributed by atoms with Gasteiger partial charge in [-0.05, 0) is 38.0 Å². The molecule has 198 valence electrons. The Morgan fingerprint density at radius 1 is 1.16 bits per heavy atom. The molecule has 4 aromatic rings. The van der Waals surface area contributed by atoms with Crippen LogP contribution in [0.3, 0.4) is 0 Å². The van der Waals surface area contributed by atoms with Gasteiger partial charge in [0.1, 0.15) is 0 Å². The summed E-state index contributed by atoms with van der Waals surface area (Å²) in [6.45, 7) is 1.85. The van der Waals surface area contributed by atoms with E-state index in [1.807, 2.05) is 6.92 Å². The lowest BCUT2D eigenvalue weighted by Crippen LogP contribution is -2.45. The Hall–Kier alpha value is -3.77. The Bertz CT molecular complexity index is 1620. The van der Waals surface area contributed by atoms with Crippen LogP contribution >= 0.6 is 11.6 Å². The van der Waals surface area contributed by atoms with E-state index in [1.54, 1.807) is 12.1 Å². The number of benzene rings is 1. The maximum absolute atomic E-state index is 14.8. The highest BCUT2D eigenvalue weighted by Crippen LogP contribution is 2.33. The number of hydrazine groups is 1. The second-order valence-electron chi connectivity index (χ2n) is 9.13. The van der Waals surface area contributed by atoms with Crippen LogP contribution in [-0.4, -0.2) is 49.6 Å². The van der Waals surface area contributed by atoms with E-state index in [4.69, 9.17) is 11.6 Å². The van der Waals surface area contributed by atoms with E-state index in [1.165, 1.54) is 30.6 Å². The first-order valence-electron chi connectivity index (χ1n) is 12.0. The van der Waals surface area contributed by atoms with Gasteiger partial charge in [0.25, 0.3) is 10.0 Å². The summed E-state index contributed by atoms with van der Waals surface area (Å²) in [6, 6.07) is 7.55. The third-order valence-corrected chi connectivity index (χ3v) is 8.38. The van der Waals surface area contributed by atoms with Crippen LogP contribution in [0.1, 0.15) is 37.7 Å². The molecule has 0 bridgehead atoms. The number of rotatable bonds is 6. The van der Waals surface area contributed by atoms with E-state index < -0.39 is 21.9 Å². The number of nitrogens with zero attached hydrogens (tertiary/aromatic N) is 5. The van der Waals surface area contributed by atoms with Crippen molar-refractivity contribution in [2.75, 3.05) is 5.43 Å². The SMILES string of the molecule is Cc1ccc(S(=O)(=O)n2cc(-c3ncc(F)c(NN(C(=O)O)C4CCCCC4)n3)c3cc(Cl)cnc32)cc1. The van der Waals surface area contributed by atoms with Crippen LogP contribution in [0, 0.1) is 12.7 Å². The van der Waals surface area contributed by atoms with Crippen molar-refractivity contribution < 1.29 is 22.7 Å². The van der Waals surface area contributed by atoms with Crippen molar-refractivity contribution in [1.29, 1.82) is 0 Å². The minimum Gasteiger partial charge on any atom is -0.464 e. The summed E-state index contributed by atoms with van der Waals surface area (Å²) in [5.74, 6) is -1.24. The number of hydrogen-bond donors (Lipinski definition) is 2. The molecule has 1 saturated carbocycles. The fraction of sp³-hybridized carbons (Fsp3) is 0.280. The number of anilines is 1. The molecule has 13 heteroatoms. The number of aryl methyl sites for hydroxylation is 1. The summed E-state index contributed by atoms with van der Waals surface area (Å²) < 4.78 is 42.8. The van der Waals surface area contributed by atoms with Gasteiger partial charge >= 0.3 is 6.09 Å². The molecule has 0 aliphatic heterocycles. The van der Waals surface area contributed by atoms with Crippen molar-refractivity contribution >= 4 is 44.6 Å². The topological polar surface area (TPSA) is 130 Å². The van der Waals surface area contributed by atoms with Crippen molar-refractivity contribution in [2.24, 2.45) is 0 Å². The highest BCUT2D eigenvalue weighted by Gasteiger charge is 2.28. The van der Waals surface area contributed by atoms with Gasteiger partial charge in [-0.1, -0.05) is 48.6 Å². The first-order chi connectivity index (χ1) is 18.1. The average Bonchev–Trinajstić information content (AvgIpc) is 3.28. The molecule has 2 N–H and O–H groups in total. The molecule has 1 fully saturated rings. The van der Waals surface area contributed by atoms with Gasteiger partial charge in [-0.2, -0.15) is 0 Å². The molecule has 1 aliphatic carbocycles. The van der Waals surface area contributed by atoms with Crippen molar-refractivity contribution in [1.82, 2.24) is 23.9 Å². The van der Waals surface area contributed by atoms with Crippen molar-refractivity contribution in [3.05, 3.63) is 65.3 Å². The van der Waals surface area contributed by atoms with E-state index in [9.17, 15) is 22.7 Å².